The van der Waals surface area contributed by atoms with Gasteiger partial charge in [-0.3, -0.25) is 0 Å². The maximum absolute atomic E-state index is 9.74. The first-order valence-electron chi connectivity index (χ1n) is 4.38. The Bertz CT molecular complexity index is 543. The second-order valence-electron chi connectivity index (χ2n) is 3.13. The fraction of sp³-hybridized carbons (Fsp3) is 0. The number of hydrogen-bond acceptors (Lipinski definition) is 2. The molecule has 1 aromatic carbocycles. The van der Waals surface area contributed by atoms with Gasteiger partial charge in [-0.25, -0.2) is 4.98 Å². The van der Waals surface area contributed by atoms with E-state index in [0.29, 0.717) is 15.6 Å². The molecule has 5 heteroatoms. The number of rotatable bonds is 1. The maximum Gasteiger partial charge on any atom is 0.171 e. The van der Waals surface area contributed by atoms with Crippen LogP contribution in [-0.2, 0) is 0 Å². The van der Waals surface area contributed by atoms with Crippen molar-refractivity contribution in [3.05, 3.63) is 45.7 Å². The lowest BCUT2D eigenvalue weighted by Gasteiger charge is -2.06. The van der Waals surface area contributed by atoms with Crippen molar-refractivity contribution < 1.29 is 5.11 Å². The van der Waals surface area contributed by atoms with Gasteiger partial charge in [0, 0.05) is 11.8 Å². The van der Waals surface area contributed by atoms with Gasteiger partial charge < -0.3 is 5.11 Å². The number of pyridine rings is 1. The summed E-state index contributed by atoms with van der Waals surface area (Å²) >= 11 is 17.4. The van der Waals surface area contributed by atoms with Gasteiger partial charge in [0.15, 0.2) is 10.9 Å². The van der Waals surface area contributed by atoms with Crippen molar-refractivity contribution in [2.24, 2.45) is 0 Å². The van der Waals surface area contributed by atoms with Gasteiger partial charge in [-0.15, -0.1) is 0 Å². The molecule has 1 aromatic heterocycles. The number of nitrogens with zero attached hydrogens (tertiary/aromatic N) is 1. The Morgan fingerprint density at radius 2 is 1.75 bits per heavy atom. The van der Waals surface area contributed by atoms with Crippen LogP contribution in [0.2, 0.25) is 15.2 Å². The van der Waals surface area contributed by atoms with Gasteiger partial charge in [0.05, 0.1) is 10.0 Å². The summed E-state index contributed by atoms with van der Waals surface area (Å²) in [5, 5.41) is 10.7. The van der Waals surface area contributed by atoms with Crippen LogP contribution in [0.4, 0.5) is 0 Å². The van der Waals surface area contributed by atoms with E-state index in [2.05, 4.69) is 4.98 Å². The first-order valence-corrected chi connectivity index (χ1v) is 5.52. The van der Waals surface area contributed by atoms with E-state index in [1.807, 2.05) is 0 Å². The molecule has 0 amide bonds. The van der Waals surface area contributed by atoms with Gasteiger partial charge in [0.1, 0.15) is 0 Å². The van der Waals surface area contributed by atoms with Gasteiger partial charge in [0.2, 0.25) is 0 Å². The third kappa shape index (κ3) is 2.09. The van der Waals surface area contributed by atoms with E-state index in [4.69, 9.17) is 34.8 Å². The Kier molecular flexibility index (Phi) is 3.24. The summed E-state index contributed by atoms with van der Waals surface area (Å²) in [6.45, 7) is 0. The maximum atomic E-state index is 9.74. The summed E-state index contributed by atoms with van der Waals surface area (Å²) in [4.78, 5) is 3.76. The van der Waals surface area contributed by atoms with Crippen molar-refractivity contribution in [3.63, 3.8) is 0 Å². The van der Waals surface area contributed by atoms with E-state index in [-0.39, 0.29) is 10.9 Å². The fourth-order valence-electron chi connectivity index (χ4n) is 1.33. The Morgan fingerprint density at radius 1 is 1.00 bits per heavy atom. The average molecular weight is 275 g/mol. The molecule has 0 fully saturated rings. The van der Waals surface area contributed by atoms with Crippen LogP contribution in [-0.4, -0.2) is 10.1 Å². The normalized spacial score (nSPS) is 10.4. The minimum absolute atomic E-state index is 0.0589. The van der Waals surface area contributed by atoms with Crippen molar-refractivity contribution in [2.45, 2.75) is 0 Å². The van der Waals surface area contributed by atoms with Crippen molar-refractivity contribution in [2.75, 3.05) is 0 Å². The minimum Gasteiger partial charge on any atom is -0.504 e. The van der Waals surface area contributed by atoms with Crippen LogP contribution in [0.5, 0.6) is 5.75 Å². The minimum atomic E-state index is -0.0671. The Hall–Kier alpha value is -0.960. The van der Waals surface area contributed by atoms with E-state index < -0.39 is 0 Å². The van der Waals surface area contributed by atoms with Crippen molar-refractivity contribution in [3.8, 4) is 16.9 Å². The third-order valence-electron chi connectivity index (χ3n) is 2.11. The van der Waals surface area contributed by atoms with E-state index in [1.54, 1.807) is 24.3 Å². The Balaban J connectivity index is 2.59. The van der Waals surface area contributed by atoms with Gasteiger partial charge in [0.25, 0.3) is 0 Å². The Labute approximate surface area is 107 Å². The fourth-order valence-corrected chi connectivity index (χ4v) is 1.78. The number of hydrogen-bond donors (Lipinski definition) is 1. The van der Waals surface area contributed by atoms with Crippen LogP contribution in [0.25, 0.3) is 11.1 Å². The lowest BCUT2D eigenvalue weighted by Crippen LogP contribution is -1.83. The predicted octanol–water partition coefficient (Wildman–Crippen LogP) is 4.41. The van der Waals surface area contributed by atoms with Crippen LogP contribution in [0.15, 0.2) is 30.5 Å². The first kappa shape index (κ1) is 11.5. The molecule has 2 rings (SSSR count). The molecule has 0 atom stereocenters. The van der Waals surface area contributed by atoms with E-state index in [9.17, 15) is 5.11 Å². The topological polar surface area (TPSA) is 33.1 Å². The quantitative estimate of drug-likeness (QED) is 0.781. The zero-order chi connectivity index (χ0) is 11.7. The van der Waals surface area contributed by atoms with Crippen LogP contribution in [0, 0.1) is 0 Å². The number of benzene rings is 1. The summed E-state index contributed by atoms with van der Waals surface area (Å²) in [6, 6.07) is 6.72. The molecule has 0 aliphatic carbocycles. The van der Waals surface area contributed by atoms with E-state index in [0.717, 1.165) is 5.56 Å². The molecular formula is C11H6Cl3NO. The smallest absolute Gasteiger partial charge is 0.171 e. The third-order valence-corrected chi connectivity index (χ3v) is 3.13. The molecule has 82 valence electrons. The van der Waals surface area contributed by atoms with E-state index in [1.165, 1.54) is 6.20 Å². The summed E-state index contributed by atoms with van der Waals surface area (Å²) in [5.41, 5.74) is 1.30. The van der Waals surface area contributed by atoms with Crippen LogP contribution >= 0.6 is 34.8 Å². The summed E-state index contributed by atoms with van der Waals surface area (Å²) in [7, 11) is 0. The van der Waals surface area contributed by atoms with E-state index >= 15 is 0 Å². The van der Waals surface area contributed by atoms with Crippen LogP contribution in [0.3, 0.4) is 0 Å². The number of aromatic nitrogens is 1. The zero-order valence-electron chi connectivity index (χ0n) is 7.92. The molecule has 16 heavy (non-hydrogen) atoms. The second-order valence-corrected chi connectivity index (χ2v) is 4.30. The molecule has 0 aliphatic rings. The second kappa shape index (κ2) is 4.50. The highest BCUT2D eigenvalue weighted by Gasteiger charge is 2.09. The van der Waals surface area contributed by atoms with Crippen molar-refractivity contribution in [1.82, 2.24) is 4.98 Å². The number of halogens is 3. The largest absolute Gasteiger partial charge is 0.504 e. The monoisotopic (exact) mass is 273 g/mol. The molecular weight excluding hydrogens is 268 g/mol. The summed E-state index contributed by atoms with van der Waals surface area (Å²) in [5.74, 6) is -0.0671. The molecule has 0 aliphatic heterocycles. The molecule has 0 bridgehead atoms. The predicted molar refractivity (Wildman–Crippen MR) is 66.4 cm³/mol. The van der Waals surface area contributed by atoms with Gasteiger partial charge in [-0.2, -0.15) is 0 Å². The molecule has 0 saturated heterocycles. The molecule has 0 spiro atoms. The lowest BCUT2D eigenvalue weighted by molar-refractivity contribution is 0.475. The molecule has 0 unspecified atom stereocenters. The van der Waals surface area contributed by atoms with Crippen molar-refractivity contribution in [1.29, 1.82) is 0 Å². The molecule has 0 radical (unpaired) electrons. The molecule has 0 saturated carbocycles. The van der Waals surface area contributed by atoms with Gasteiger partial charge >= 0.3 is 0 Å². The highest BCUT2D eigenvalue weighted by atomic mass is 35.5. The molecule has 2 nitrogen and oxygen atoms in total. The van der Waals surface area contributed by atoms with Crippen LogP contribution in [0.1, 0.15) is 0 Å². The van der Waals surface area contributed by atoms with Crippen LogP contribution < -0.4 is 0 Å². The number of aromatic hydroxyl groups is 1. The van der Waals surface area contributed by atoms with Gasteiger partial charge in [-0.05, 0) is 23.8 Å². The molecule has 2 aromatic rings. The SMILES string of the molecule is Oc1c(-c2ccc(Cl)c(Cl)c2)ccnc1Cl. The summed E-state index contributed by atoms with van der Waals surface area (Å²) in [6.07, 6.45) is 1.51. The highest BCUT2D eigenvalue weighted by Crippen LogP contribution is 2.35. The summed E-state index contributed by atoms with van der Waals surface area (Å²) < 4.78 is 0. The van der Waals surface area contributed by atoms with Crippen molar-refractivity contribution >= 4 is 34.8 Å². The first-order chi connectivity index (χ1) is 7.59. The Morgan fingerprint density at radius 3 is 2.44 bits per heavy atom. The standard InChI is InChI=1S/C11H6Cl3NO/c12-8-2-1-6(5-9(8)13)7-3-4-15-11(14)10(7)16/h1-5,16H. The highest BCUT2D eigenvalue weighted by molar-refractivity contribution is 6.42. The zero-order valence-corrected chi connectivity index (χ0v) is 10.2. The average Bonchev–Trinajstić information content (AvgIpc) is 2.26. The van der Waals surface area contributed by atoms with Gasteiger partial charge in [-0.1, -0.05) is 40.9 Å². The molecule has 1 heterocycles. The molecule has 1 N–H and O–H groups in total. The lowest BCUT2D eigenvalue weighted by atomic mass is 10.1.